The van der Waals surface area contributed by atoms with Crippen LogP contribution in [0.4, 0.5) is 5.69 Å². The second-order valence-electron chi connectivity index (χ2n) is 4.86. The van der Waals surface area contributed by atoms with E-state index in [1.165, 1.54) is 5.56 Å². The minimum Gasteiger partial charge on any atom is -0.367 e. The normalized spacial score (nSPS) is 15.7. The highest BCUT2D eigenvalue weighted by molar-refractivity contribution is 6.33. The van der Waals surface area contributed by atoms with E-state index in [9.17, 15) is 4.79 Å². The van der Waals surface area contributed by atoms with Crippen LogP contribution in [0.25, 0.3) is 0 Å². The second-order valence-corrected chi connectivity index (χ2v) is 5.27. The molecule has 0 aliphatic carbocycles. The monoisotopic (exact) mass is 280 g/mol. The number of carbonyl (C=O) groups excluding carboxylic acids is 1. The number of anilines is 1. The van der Waals surface area contributed by atoms with Gasteiger partial charge in [0.2, 0.25) is 5.91 Å². The number of benzene rings is 1. The molecule has 4 heteroatoms. The standard InChI is InChI=1S/C15H21ClN2O/c1-3-12-5-6-14(13(16)11-12)17-7-9-18(10-8-17)15(19)4-2/h5-6,11H,3-4,7-10H2,1-2H3. The first-order valence-electron chi connectivity index (χ1n) is 6.96. The molecule has 1 aliphatic rings. The van der Waals surface area contributed by atoms with Crippen molar-refractivity contribution in [3.63, 3.8) is 0 Å². The first-order chi connectivity index (χ1) is 9.15. The fourth-order valence-electron chi connectivity index (χ4n) is 2.45. The molecule has 0 N–H and O–H groups in total. The van der Waals surface area contributed by atoms with Crippen LogP contribution in [0.2, 0.25) is 5.02 Å². The van der Waals surface area contributed by atoms with Crippen molar-refractivity contribution in [3.8, 4) is 0 Å². The van der Waals surface area contributed by atoms with E-state index in [0.717, 1.165) is 43.3 Å². The van der Waals surface area contributed by atoms with Gasteiger partial charge in [-0.15, -0.1) is 0 Å². The zero-order valence-corrected chi connectivity index (χ0v) is 12.4. The molecule has 0 saturated carbocycles. The zero-order valence-electron chi connectivity index (χ0n) is 11.7. The highest BCUT2D eigenvalue weighted by Crippen LogP contribution is 2.28. The van der Waals surface area contributed by atoms with Crippen LogP contribution in [-0.4, -0.2) is 37.0 Å². The SMILES string of the molecule is CCC(=O)N1CCN(c2ccc(CC)cc2Cl)CC1. The maximum atomic E-state index is 11.6. The molecule has 1 aromatic carbocycles. The fraction of sp³-hybridized carbons (Fsp3) is 0.533. The van der Waals surface area contributed by atoms with Gasteiger partial charge in [0.05, 0.1) is 10.7 Å². The first kappa shape index (κ1) is 14.2. The molecule has 0 atom stereocenters. The largest absolute Gasteiger partial charge is 0.367 e. The number of hydrogen-bond acceptors (Lipinski definition) is 2. The summed E-state index contributed by atoms with van der Waals surface area (Å²) in [6.45, 7) is 7.33. The van der Waals surface area contributed by atoms with Crippen LogP contribution >= 0.6 is 11.6 Å². The van der Waals surface area contributed by atoms with E-state index < -0.39 is 0 Å². The van der Waals surface area contributed by atoms with Gasteiger partial charge in [-0.05, 0) is 24.1 Å². The number of amides is 1. The number of hydrogen-bond donors (Lipinski definition) is 0. The Morgan fingerprint density at radius 1 is 1.21 bits per heavy atom. The quantitative estimate of drug-likeness (QED) is 0.850. The average molecular weight is 281 g/mol. The third-order valence-corrected chi connectivity index (χ3v) is 4.00. The molecular weight excluding hydrogens is 260 g/mol. The number of halogens is 1. The molecule has 1 heterocycles. The summed E-state index contributed by atoms with van der Waals surface area (Å²) in [5, 5.41) is 0.814. The van der Waals surface area contributed by atoms with Crippen LogP contribution in [0.3, 0.4) is 0 Å². The van der Waals surface area contributed by atoms with Crippen LogP contribution in [0.5, 0.6) is 0 Å². The highest BCUT2D eigenvalue weighted by atomic mass is 35.5. The van der Waals surface area contributed by atoms with Gasteiger partial charge in [-0.2, -0.15) is 0 Å². The summed E-state index contributed by atoms with van der Waals surface area (Å²) in [7, 11) is 0. The minimum atomic E-state index is 0.243. The Labute approximate surface area is 120 Å². The lowest BCUT2D eigenvalue weighted by Crippen LogP contribution is -2.48. The van der Waals surface area contributed by atoms with Gasteiger partial charge in [-0.1, -0.05) is 31.5 Å². The molecule has 1 saturated heterocycles. The van der Waals surface area contributed by atoms with Crippen molar-refractivity contribution in [1.29, 1.82) is 0 Å². The van der Waals surface area contributed by atoms with E-state index >= 15 is 0 Å². The third kappa shape index (κ3) is 3.21. The van der Waals surface area contributed by atoms with Crippen LogP contribution in [0.1, 0.15) is 25.8 Å². The molecule has 2 rings (SSSR count). The summed E-state index contributed by atoms with van der Waals surface area (Å²) in [4.78, 5) is 15.8. The smallest absolute Gasteiger partial charge is 0.222 e. The van der Waals surface area contributed by atoms with Gasteiger partial charge < -0.3 is 9.80 Å². The van der Waals surface area contributed by atoms with Crippen molar-refractivity contribution >= 4 is 23.2 Å². The average Bonchev–Trinajstić information content (AvgIpc) is 2.46. The predicted molar refractivity (Wildman–Crippen MR) is 79.9 cm³/mol. The molecular formula is C15H21ClN2O. The summed E-state index contributed by atoms with van der Waals surface area (Å²) < 4.78 is 0. The molecule has 3 nitrogen and oxygen atoms in total. The second kappa shape index (κ2) is 6.29. The van der Waals surface area contributed by atoms with E-state index in [-0.39, 0.29) is 5.91 Å². The summed E-state index contributed by atoms with van der Waals surface area (Å²) in [5.41, 5.74) is 2.34. The van der Waals surface area contributed by atoms with Gasteiger partial charge in [0, 0.05) is 32.6 Å². The van der Waals surface area contributed by atoms with Crippen LogP contribution in [-0.2, 0) is 11.2 Å². The molecule has 0 radical (unpaired) electrons. The molecule has 0 bridgehead atoms. The van der Waals surface area contributed by atoms with Crippen molar-refractivity contribution < 1.29 is 4.79 Å². The third-order valence-electron chi connectivity index (χ3n) is 3.70. The van der Waals surface area contributed by atoms with Crippen LogP contribution in [0.15, 0.2) is 18.2 Å². The van der Waals surface area contributed by atoms with Crippen molar-refractivity contribution in [3.05, 3.63) is 28.8 Å². The Hall–Kier alpha value is -1.22. The lowest BCUT2D eigenvalue weighted by molar-refractivity contribution is -0.131. The topological polar surface area (TPSA) is 23.6 Å². The molecule has 1 amide bonds. The molecule has 19 heavy (non-hydrogen) atoms. The van der Waals surface area contributed by atoms with Gasteiger partial charge in [0.1, 0.15) is 0 Å². The number of aryl methyl sites for hydroxylation is 1. The summed E-state index contributed by atoms with van der Waals surface area (Å²) in [5.74, 6) is 0.243. The Bertz CT molecular complexity index is 453. The summed E-state index contributed by atoms with van der Waals surface area (Å²) in [6.07, 6.45) is 1.59. The number of carbonyl (C=O) groups is 1. The van der Waals surface area contributed by atoms with E-state index in [4.69, 9.17) is 11.6 Å². The molecule has 0 unspecified atom stereocenters. The van der Waals surface area contributed by atoms with E-state index in [1.807, 2.05) is 17.9 Å². The van der Waals surface area contributed by atoms with E-state index in [0.29, 0.717) is 6.42 Å². The van der Waals surface area contributed by atoms with Gasteiger partial charge >= 0.3 is 0 Å². The maximum Gasteiger partial charge on any atom is 0.222 e. The van der Waals surface area contributed by atoms with E-state index in [2.05, 4.69) is 24.0 Å². The lowest BCUT2D eigenvalue weighted by atomic mass is 10.1. The molecule has 1 aromatic rings. The molecule has 1 fully saturated rings. The maximum absolute atomic E-state index is 11.6. The van der Waals surface area contributed by atoms with Crippen molar-refractivity contribution in [2.24, 2.45) is 0 Å². The molecule has 0 spiro atoms. The van der Waals surface area contributed by atoms with Crippen molar-refractivity contribution in [2.45, 2.75) is 26.7 Å². The Balaban J connectivity index is 2.03. The van der Waals surface area contributed by atoms with Gasteiger partial charge in [0.15, 0.2) is 0 Å². The van der Waals surface area contributed by atoms with Gasteiger partial charge in [-0.25, -0.2) is 0 Å². The Morgan fingerprint density at radius 3 is 2.42 bits per heavy atom. The number of rotatable bonds is 3. The number of nitrogens with zero attached hydrogens (tertiary/aromatic N) is 2. The summed E-state index contributed by atoms with van der Waals surface area (Å²) in [6, 6.07) is 6.27. The Morgan fingerprint density at radius 2 is 1.89 bits per heavy atom. The number of piperazine rings is 1. The first-order valence-corrected chi connectivity index (χ1v) is 7.34. The van der Waals surface area contributed by atoms with Crippen LogP contribution in [0, 0.1) is 0 Å². The van der Waals surface area contributed by atoms with Gasteiger partial charge in [0.25, 0.3) is 0 Å². The minimum absolute atomic E-state index is 0.243. The highest BCUT2D eigenvalue weighted by Gasteiger charge is 2.21. The van der Waals surface area contributed by atoms with Gasteiger partial charge in [-0.3, -0.25) is 4.79 Å². The molecule has 1 aliphatic heterocycles. The zero-order chi connectivity index (χ0) is 13.8. The lowest BCUT2D eigenvalue weighted by Gasteiger charge is -2.36. The fourth-order valence-corrected chi connectivity index (χ4v) is 2.77. The molecule has 104 valence electrons. The van der Waals surface area contributed by atoms with E-state index in [1.54, 1.807) is 0 Å². The molecule has 0 aromatic heterocycles. The predicted octanol–water partition coefficient (Wildman–Crippen LogP) is 2.96. The Kier molecular flexibility index (Phi) is 4.70. The summed E-state index contributed by atoms with van der Waals surface area (Å²) >= 11 is 6.35. The van der Waals surface area contributed by atoms with Crippen molar-refractivity contribution in [1.82, 2.24) is 4.90 Å². The van der Waals surface area contributed by atoms with Crippen LogP contribution < -0.4 is 4.90 Å². The van der Waals surface area contributed by atoms with Crippen molar-refractivity contribution in [2.75, 3.05) is 31.1 Å².